The summed E-state index contributed by atoms with van der Waals surface area (Å²) in [5, 5.41) is 17.9. The fourth-order valence-corrected chi connectivity index (χ4v) is 4.28. The van der Waals surface area contributed by atoms with E-state index in [1.54, 1.807) is 24.0 Å². The molecule has 2 fully saturated rings. The number of carbonyl (C=O) groups excluding carboxylic acids is 1. The molecule has 4 rings (SSSR count). The summed E-state index contributed by atoms with van der Waals surface area (Å²) in [6, 6.07) is 1.99. The smallest absolute Gasteiger partial charge is 0.256 e. The van der Waals surface area contributed by atoms with Crippen LogP contribution in [0.3, 0.4) is 0 Å². The maximum atomic E-state index is 12.0. The Bertz CT molecular complexity index is 815. The highest BCUT2D eigenvalue weighted by atomic mass is 16.5. The molecule has 0 spiro atoms. The van der Waals surface area contributed by atoms with Gasteiger partial charge in [-0.2, -0.15) is 5.10 Å². The van der Waals surface area contributed by atoms with Gasteiger partial charge < -0.3 is 15.2 Å². The summed E-state index contributed by atoms with van der Waals surface area (Å²) in [6.45, 7) is 3.82. The molecule has 0 saturated carbocycles. The third kappa shape index (κ3) is 3.69. The van der Waals surface area contributed by atoms with Crippen molar-refractivity contribution in [1.82, 2.24) is 24.8 Å². The minimum absolute atomic E-state index is 0.179. The summed E-state index contributed by atoms with van der Waals surface area (Å²) in [4.78, 5) is 18.8. The summed E-state index contributed by atoms with van der Waals surface area (Å²) < 4.78 is 7.19. The second-order valence-corrected chi connectivity index (χ2v) is 7.65. The monoisotopic (exact) mass is 373 g/mol. The summed E-state index contributed by atoms with van der Waals surface area (Å²) in [7, 11) is 1.61. The van der Waals surface area contributed by atoms with Gasteiger partial charge in [-0.3, -0.25) is 9.69 Å². The molecular formula is C19H27N5O3. The summed E-state index contributed by atoms with van der Waals surface area (Å²) in [5.74, 6) is 0.117. The zero-order chi connectivity index (χ0) is 18.9. The molecule has 2 aromatic rings. The first-order valence-electron chi connectivity index (χ1n) is 9.67. The molecule has 2 aromatic heterocycles. The lowest BCUT2D eigenvalue weighted by atomic mass is 9.90. The van der Waals surface area contributed by atoms with Crippen molar-refractivity contribution in [3.63, 3.8) is 0 Å². The van der Waals surface area contributed by atoms with Gasteiger partial charge in [-0.15, -0.1) is 0 Å². The highest BCUT2D eigenvalue weighted by molar-refractivity contribution is 5.99. The van der Waals surface area contributed by atoms with E-state index in [1.807, 2.05) is 6.07 Å². The molecule has 1 amide bonds. The highest BCUT2D eigenvalue weighted by Crippen LogP contribution is 2.30. The van der Waals surface area contributed by atoms with Crippen molar-refractivity contribution in [3.8, 4) is 0 Å². The number of rotatable bonds is 4. The van der Waals surface area contributed by atoms with E-state index in [0.717, 1.165) is 31.6 Å². The fraction of sp³-hybridized carbons (Fsp3) is 0.632. The average Bonchev–Trinajstić information content (AvgIpc) is 3.12. The van der Waals surface area contributed by atoms with Crippen LogP contribution in [0.5, 0.6) is 0 Å². The Balaban J connectivity index is 1.54. The number of carbonyl (C=O) groups is 1. The van der Waals surface area contributed by atoms with E-state index in [1.165, 1.54) is 0 Å². The molecule has 8 nitrogen and oxygen atoms in total. The van der Waals surface area contributed by atoms with Crippen molar-refractivity contribution >= 4 is 11.6 Å². The number of aromatic nitrogens is 3. The van der Waals surface area contributed by atoms with E-state index in [-0.39, 0.29) is 5.91 Å². The summed E-state index contributed by atoms with van der Waals surface area (Å²) >= 11 is 0. The summed E-state index contributed by atoms with van der Waals surface area (Å²) in [6.07, 6.45) is 6.86. The predicted octanol–water partition coefficient (Wildman–Crippen LogP) is 0.810. The van der Waals surface area contributed by atoms with Gasteiger partial charge in [0.25, 0.3) is 5.91 Å². The molecule has 0 unspecified atom stereocenters. The van der Waals surface area contributed by atoms with E-state index in [4.69, 9.17) is 4.74 Å². The zero-order valence-electron chi connectivity index (χ0n) is 15.7. The van der Waals surface area contributed by atoms with Gasteiger partial charge in [0.05, 0.1) is 17.5 Å². The number of amides is 1. The van der Waals surface area contributed by atoms with Crippen molar-refractivity contribution in [2.45, 2.75) is 37.2 Å². The van der Waals surface area contributed by atoms with Gasteiger partial charge >= 0.3 is 0 Å². The molecule has 2 saturated heterocycles. The number of hydrogen-bond donors (Lipinski definition) is 2. The largest absolute Gasteiger partial charge is 0.388 e. The van der Waals surface area contributed by atoms with Crippen LogP contribution in [0.25, 0.3) is 5.65 Å². The Hall–Kier alpha value is -2.03. The van der Waals surface area contributed by atoms with Crippen LogP contribution in [0.1, 0.15) is 47.7 Å². The lowest BCUT2D eigenvalue weighted by Gasteiger charge is -2.40. The van der Waals surface area contributed by atoms with Gasteiger partial charge in [-0.05, 0) is 25.5 Å². The molecule has 2 N–H and O–H groups in total. The first-order valence-corrected chi connectivity index (χ1v) is 9.67. The van der Waals surface area contributed by atoms with Crippen molar-refractivity contribution in [3.05, 3.63) is 29.7 Å². The van der Waals surface area contributed by atoms with Crippen LogP contribution in [0.15, 0.2) is 18.5 Å². The Labute approximate surface area is 158 Å². The number of β-amino-alcohol motifs (C(OH)–C–C–N with tert-alkyl or cyclic N) is 1. The van der Waals surface area contributed by atoms with Gasteiger partial charge in [0.1, 0.15) is 5.56 Å². The topological polar surface area (TPSA) is 92.0 Å². The lowest BCUT2D eigenvalue weighted by molar-refractivity contribution is -0.0824. The molecule has 0 bridgehead atoms. The standard InChI is InChI=1S/C19H27N5O3/c1-20-18(25)15-11-22-24-16(4-7-21-17(15)24)14-3-2-8-23(12-14)13-19(26)5-9-27-10-6-19/h4,7,11,14,26H,2-3,5-6,8-10,12-13H2,1H3,(H,20,25)/t14-/m0/s1. The minimum Gasteiger partial charge on any atom is -0.388 e. The first-order chi connectivity index (χ1) is 13.1. The van der Waals surface area contributed by atoms with Gasteiger partial charge in [0.15, 0.2) is 5.65 Å². The second-order valence-electron chi connectivity index (χ2n) is 7.65. The number of likely N-dealkylation sites (tertiary alicyclic amines) is 1. The van der Waals surface area contributed by atoms with Gasteiger partial charge in [0, 0.05) is 58.3 Å². The number of aliphatic hydroxyl groups is 1. The lowest BCUT2D eigenvalue weighted by Crippen LogP contribution is -2.49. The van der Waals surface area contributed by atoms with Crippen LogP contribution in [0.2, 0.25) is 0 Å². The molecular weight excluding hydrogens is 346 g/mol. The number of ether oxygens (including phenoxy) is 1. The minimum atomic E-state index is -0.647. The van der Waals surface area contributed by atoms with Crippen LogP contribution in [-0.4, -0.2) is 76.0 Å². The molecule has 0 aliphatic carbocycles. The molecule has 0 radical (unpaired) electrons. The van der Waals surface area contributed by atoms with Crippen LogP contribution in [-0.2, 0) is 4.74 Å². The number of fused-ring (bicyclic) bond motifs is 1. The van der Waals surface area contributed by atoms with Gasteiger partial charge in [-0.1, -0.05) is 0 Å². The molecule has 8 heteroatoms. The molecule has 2 aliphatic rings. The highest BCUT2D eigenvalue weighted by Gasteiger charge is 2.34. The predicted molar refractivity (Wildman–Crippen MR) is 99.8 cm³/mol. The van der Waals surface area contributed by atoms with Gasteiger partial charge in [0.2, 0.25) is 0 Å². The molecule has 146 valence electrons. The summed E-state index contributed by atoms with van der Waals surface area (Å²) in [5.41, 5.74) is 1.50. The van der Waals surface area contributed by atoms with Crippen molar-refractivity contribution in [2.75, 3.05) is 39.9 Å². The Morgan fingerprint density at radius 2 is 2.26 bits per heavy atom. The Morgan fingerprint density at radius 1 is 1.44 bits per heavy atom. The maximum absolute atomic E-state index is 12.0. The van der Waals surface area contributed by atoms with Crippen LogP contribution < -0.4 is 5.32 Å². The third-order valence-corrected chi connectivity index (χ3v) is 5.77. The van der Waals surface area contributed by atoms with E-state index < -0.39 is 5.60 Å². The number of hydrogen-bond acceptors (Lipinski definition) is 6. The number of nitrogens with zero attached hydrogens (tertiary/aromatic N) is 4. The van der Waals surface area contributed by atoms with Crippen LogP contribution >= 0.6 is 0 Å². The molecule has 4 heterocycles. The van der Waals surface area contributed by atoms with Crippen LogP contribution in [0, 0.1) is 0 Å². The molecule has 0 aromatic carbocycles. The zero-order valence-corrected chi connectivity index (χ0v) is 15.7. The average molecular weight is 373 g/mol. The maximum Gasteiger partial charge on any atom is 0.256 e. The SMILES string of the molecule is CNC(=O)c1cnn2c([C@H]3CCCN(CC4(O)CCOCC4)C3)ccnc12. The molecule has 1 atom stereocenters. The van der Waals surface area contributed by atoms with E-state index in [9.17, 15) is 9.90 Å². The quantitative estimate of drug-likeness (QED) is 0.824. The van der Waals surface area contributed by atoms with Crippen molar-refractivity contribution < 1.29 is 14.6 Å². The van der Waals surface area contributed by atoms with Crippen molar-refractivity contribution in [2.24, 2.45) is 0 Å². The van der Waals surface area contributed by atoms with E-state index in [2.05, 4.69) is 20.3 Å². The second kappa shape index (κ2) is 7.53. The Kier molecular flexibility index (Phi) is 5.12. The third-order valence-electron chi connectivity index (χ3n) is 5.77. The van der Waals surface area contributed by atoms with E-state index in [0.29, 0.717) is 49.7 Å². The normalized spacial score (nSPS) is 23.4. The number of nitrogens with one attached hydrogen (secondary N) is 1. The molecule has 27 heavy (non-hydrogen) atoms. The van der Waals surface area contributed by atoms with Crippen molar-refractivity contribution in [1.29, 1.82) is 0 Å². The Morgan fingerprint density at radius 3 is 3.04 bits per heavy atom. The first kappa shape index (κ1) is 18.3. The molecule has 2 aliphatic heterocycles. The van der Waals surface area contributed by atoms with Gasteiger partial charge in [-0.25, -0.2) is 9.50 Å². The van der Waals surface area contributed by atoms with E-state index >= 15 is 0 Å². The number of piperidine rings is 1. The van der Waals surface area contributed by atoms with Crippen LogP contribution in [0.4, 0.5) is 0 Å². The fourth-order valence-electron chi connectivity index (χ4n) is 4.28.